The zero-order chi connectivity index (χ0) is 11.2. The summed E-state index contributed by atoms with van der Waals surface area (Å²) in [5, 5.41) is 4.47. The topological polar surface area (TPSA) is 24.3 Å². The average Bonchev–Trinajstić information content (AvgIpc) is 2.64. The summed E-state index contributed by atoms with van der Waals surface area (Å²) in [6.45, 7) is 4.93. The Bertz CT molecular complexity index is 368. The number of nitrogens with zero attached hydrogens (tertiary/aromatic N) is 4. The molecular weight excluding hydrogens is 200 g/mol. The molecule has 2 saturated heterocycles. The molecule has 3 heterocycles. The van der Waals surface area contributed by atoms with Crippen LogP contribution in [0, 0.1) is 5.41 Å². The molecule has 0 radical (unpaired) electrons. The highest BCUT2D eigenvalue weighted by molar-refractivity contribution is 5.37. The Morgan fingerprint density at radius 2 is 1.88 bits per heavy atom. The molecule has 1 spiro atoms. The van der Waals surface area contributed by atoms with E-state index in [0.717, 1.165) is 5.82 Å². The lowest BCUT2D eigenvalue weighted by Gasteiger charge is -2.53. The van der Waals surface area contributed by atoms with Crippen molar-refractivity contribution in [3.8, 4) is 0 Å². The SMILES string of the molecule is CN1CC2(CCN(c3ccn(C)n3)CC2)C1. The van der Waals surface area contributed by atoms with E-state index in [2.05, 4.69) is 28.0 Å². The summed E-state index contributed by atoms with van der Waals surface area (Å²) in [6.07, 6.45) is 4.68. The molecule has 0 amide bonds. The molecule has 0 aromatic carbocycles. The number of anilines is 1. The quantitative estimate of drug-likeness (QED) is 0.704. The van der Waals surface area contributed by atoms with Crippen LogP contribution in [0.25, 0.3) is 0 Å². The predicted molar refractivity (Wildman–Crippen MR) is 64.6 cm³/mol. The molecule has 1 aromatic rings. The van der Waals surface area contributed by atoms with Gasteiger partial charge in [0.25, 0.3) is 0 Å². The van der Waals surface area contributed by atoms with Crippen molar-refractivity contribution in [2.75, 3.05) is 38.1 Å². The molecule has 0 saturated carbocycles. The lowest BCUT2D eigenvalue weighted by atomic mass is 9.72. The van der Waals surface area contributed by atoms with Crippen LogP contribution >= 0.6 is 0 Å². The lowest BCUT2D eigenvalue weighted by Crippen LogP contribution is -2.58. The lowest BCUT2D eigenvalue weighted by molar-refractivity contribution is 0.00120. The minimum atomic E-state index is 0.639. The summed E-state index contributed by atoms with van der Waals surface area (Å²) in [7, 11) is 4.20. The van der Waals surface area contributed by atoms with Gasteiger partial charge in [-0.1, -0.05) is 0 Å². The van der Waals surface area contributed by atoms with Crippen molar-refractivity contribution in [1.82, 2.24) is 14.7 Å². The minimum Gasteiger partial charge on any atom is -0.355 e. The molecule has 4 heteroatoms. The second-order valence-corrected chi connectivity index (χ2v) is 5.51. The second kappa shape index (κ2) is 3.48. The molecule has 16 heavy (non-hydrogen) atoms. The first-order valence-corrected chi connectivity index (χ1v) is 6.10. The highest BCUT2D eigenvalue weighted by Crippen LogP contribution is 2.40. The monoisotopic (exact) mass is 220 g/mol. The molecule has 4 nitrogen and oxygen atoms in total. The van der Waals surface area contributed by atoms with Crippen LogP contribution < -0.4 is 4.90 Å². The number of aromatic nitrogens is 2. The van der Waals surface area contributed by atoms with E-state index in [9.17, 15) is 0 Å². The summed E-state index contributed by atoms with van der Waals surface area (Å²) in [5.41, 5.74) is 0.639. The van der Waals surface area contributed by atoms with Crippen molar-refractivity contribution in [3.63, 3.8) is 0 Å². The van der Waals surface area contributed by atoms with Gasteiger partial charge in [0, 0.05) is 45.5 Å². The smallest absolute Gasteiger partial charge is 0.150 e. The van der Waals surface area contributed by atoms with Crippen molar-refractivity contribution in [1.29, 1.82) is 0 Å². The third kappa shape index (κ3) is 1.61. The third-order valence-corrected chi connectivity index (χ3v) is 4.06. The Hall–Kier alpha value is -1.03. The Labute approximate surface area is 96.8 Å². The van der Waals surface area contributed by atoms with E-state index >= 15 is 0 Å². The summed E-state index contributed by atoms with van der Waals surface area (Å²) in [5.74, 6) is 1.14. The van der Waals surface area contributed by atoms with Crippen molar-refractivity contribution < 1.29 is 0 Å². The number of hydrogen-bond acceptors (Lipinski definition) is 3. The van der Waals surface area contributed by atoms with E-state index in [4.69, 9.17) is 0 Å². The molecular formula is C12H20N4. The van der Waals surface area contributed by atoms with Crippen molar-refractivity contribution in [2.24, 2.45) is 12.5 Å². The Morgan fingerprint density at radius 3 is 2.38 bits per heavy atom. The maximum atomic E-state index is 4.47. The summed E-state index contributed by atoms with van der Waals surface area (Å²) in [4.78, 5) is 4.85. The van der Waals surface area contributed by atoms with Gasteiger partial charge >= 0.3 is 0 Å². The number of hydrogen-bond donors (Lipinski definition) is 0. The highest BCUT2D eigenvalue weighted by atomic mass is 15.3. The first kappa shape index (κ1) is 10.1. The molecule has 0 unspecified atom stereocenters. The van der Waals surface area contributed by atoms with Gasteiger partial charge in [-0.05, 0) is 25.3 Å². The predicted octanol–water partition coefficient (Wildman–Crippen LogP) is 0.952. The molecule has 0 atom stereocenters. The van der Waals surface area contributed by atoms with E-state index in [1.807, 2.05) is 17.9 Å². The molecule has 1 aromatic heterocycles. The molecule has 88 valence electrons. The summed E-state index contributed by atoms with van der Waals surface area (Å²) in [6, 6.07) is 2.12. The molecule has 2 aliphatic heterocycles. The minimum absolute atomic E-state index is 0.639. The molecule has 0 bridgehead atoms. The van der Waals surface area contributed by atoms with Crippen molar-refractivity contribution in [3.05, 3.63) is 12.3 Å². The number of rotatable bonds is 1. The van der Waals surface area contributed by atoms with E-state index in [1.54, 1.807) is 0 Å². The standard InChI is InChI=1S/C12H20N4/c1-14-9-12(10-14)4-7-16(8-5-12)11-3-6-15(2)13-11/h3,6H,4-5,7-10H2,1-2H3. The van der Waals surface area contributed by atoms with Gasteiger partial charge in [0.05, 0.1) is 0 Å². The zero-order valence-electron chi connectivity index (χ0n) is 10.2. The summed E-state index contributed by atoms with van der Waals surface area (Å²) < 4.78 is 1.89. The molecule has 3 rings (SSSR count). The van der Waals surface area contributed by atoms with Gasteiger partial charge in [-0.3, -0.25) is 4.68 Å². The van der Waals surface area contributed by atoms with Crippen molar-refractivity contribution in [2.45, 2.75) is 12.8 Å². The normalized spacial score (nSPS) is 24.8. The van der Waals surface area contributed by atoms with Gasteiger partial charge in [0.2, 0.25) is 0 Å². The number of aryl methyl sites for hydroxylation is 1. The summed E-state index contributed by atoms with van der Waals surface area (Å²) >= 11 is 0. The second-order valence-electron chi connectivity index (χ2n) is 5.51. The van der Waals surface area contributed by atoms with Crippen LogP contribution in [0.15, 0.2) is 12.3 Å². The fourth-order valence-electron chi connectivity index (χ4n) is 3.20. The Balaban J connectivity index is 1.62. The number of piperidine rings is 1. The average molecular weight is 220 g/mol. The van der Waals surface area contributed by atoms with Crippen molar-refractivity contribution >= 4 is 5.82 Å². The van der Waals surface area contributed by atoms with Crippen LogP contribution in [-0.2, 0) is 7.05 Å². The van der Waals surface area contributed by atoms with Crippen LogP contribution in [0.4, 0.5) is 5.82 Å². The molecule has 0 aliphatic carbocycles. The van der Waals surface area contributed by atoms with Crippen LogP contribution in [0.2, 0.25) is 0 Å². The fraction of sp³-hybridized carbons (Fsp3) is 0.750. The van der Waals surface area contributed by atoms with Gasteiger partial charge in [0.1, 0.15) is 0 Å². The maximum absolute atomic E-state index is 4.47. The van der Waals surface area contributed by atoms with E-state index in [-0.39, 0.29) is 0 Å². The van der Waals surface area contributed by atoms with Gasteiger partial charge < -0.3 is 9.80 Å². The van der Waals surface area contributed by atoms with Gasteiger partial charge in [-0.25, -0.2) is 0 Å². The first-order chi connectivity index (χ1) is 7.67. The molecule has 2 fully saturated rings. The van der Waals surface area contributed by atoms with Crippen LogP contribution in [0.3, 0.4) is 0 Å². The third-order valence-electron chi connectivity index (χ3n) is 4.06. The zero-order valence-corrected chi connectivity index (χ0v) is 10.2. The van der Waals surface area contributed by atoms with Gasteiger partial charge in [0.15, 0.2) is 5.82 Å². The van der Waals surface area contributed by atoms with Crippen LogP contribution in [0.5, 0.6) is 0 Å². The van der Waals surface area contributed by atoms with E-state index in [0.29, 0.717) is 5.41 Å². The maximum Gasteiger partial charge on any atom is 0.150 e. The molecule has 0 N–H and O–H groups in total. The number of likely N-dealkylation sites (tertiary alicyclic amines) is 1. The molecule has 2 aliphatic rings. The van der Waals surface area contributed by atoms with E-state index < -0.39 is 0 Å². The van der Waals surface area contributed by atoms with Crippen LogP contribution in [0.1, 0.15) is 12.8 Å². The first-order valence-electron chi connectivity index (χ1n) is 6.10. The Kier molecular flexibility index (Phi) is 2.21. The highest BCUT2D eigenvalue weighted by Gasteiger charge is 2.43. The van der Waals surface area contributed by atoms with Gasteiger partial charge in [-0.2, -0.15) is 5.10 Å². The van der Waals surface area contributed by atoms with Crippen LogP contribution in [-0.4, -0.2) is 47.9 Å². The Morgan fingerprint density at radius 1 is 1.19 bits per heavy atom. The van der Waals surface area contributed by atoms with E-state index in [1.165, 1.54) is 39.0 Å². The largest absolute Gasteiger partial charge is 0.355 e. The fourth-order valence-corrected chi connectivity index (χ4v) is 3.20. The van der Waals surface area contributed by atoms with Gasteiger partial charge in [-0.15, -0.1) is 0 Å².